The van der Waals surface area contributed by atoms with E-state index in [9.17, 15) is 10.1 Å². The first-order valence-corrected chi connectivity index (χ1v) is 12.4. The van der Waals surface area contributed by atoms with Gasteiger partial charge < -0.3 is 9.30 Å². The van der Waals surface area contributed by atoms with E-state index in [4.69, 9.17) is 4.74 Å². The van der Waals surface area contributed by atoms with Gasteiger partial charge in [0, 0.05) is 24.8 Å². The van der Waals surface area contributed by atoms with E-state index in [1.807, 2.05) is 59.8 Å². The number of nitrogens with zero attached hydrogens (tertiary/aromatic N) is 5. The molecular formula is C29H27N5O2. The maximum absolute atomic E-state index is 12.9. The van der Waals surface area contributed by atoms with Gasteiger partial charge in [0.2, 0.25) is 0 Å². The zero-order valence-electron chi connectivity index (χ0n) is 20.0. The van der Waals surface area contributed by atoms with Gasteiger partial charge in [-0.05, 0) is 73.6 Å². The van der Waals surface area contributed by atoms with E-state index < -0.39 is 5.60 Å². The molecule has 2 atom stereocenters. The quantitative estimate of drug-likeness (QED) is 0.376. The fourth-order valence-electron chi connectivity index (χ4n) is 5.78. The van der Waals surface area contributed by atoms with Crippen molar-refractivity contribution < 1.29 is 9.53 Å². The van der Waals surface area contributed by atoms with Gasteiger partial charge in [0.15, 0.2) is 0 Å². The van der Waals surface area contributed by atoms with Gasteiger partial charge in [-0.1, -0.05) is 24.3 Å². The van der Waals surface area contributed by atoms with Crippen LogP contribution in [-0.4, -0.2) is 37.7 Å². The summed E-state index contributed by atoms with van der Waals surface area (Å²) in [7, 11) is 0. The molecule has 4 aromatic rings. The van der Waals surface area contributed by atoms with Crippen molar-refractivity contribution in [3.8, 4) is 17.3 Å². The zero-order valence-corrected chi connectivity index (χ0v) is 20.0. The van der Waals surface area contributed by atoms with Crippen molar-refractivity contribution in [1.29, 1.82) is 5.26 Å². The Morgan fingerprint density at radius 1 is 1.11 bits per heavy atom. The van der Waals surface area contributed by atoms with E-state index in [1.54, 1.807) is 12.3 Å². The molecule has 0 radical (unpaired) electrons. The molecule has 0 N–H and O–H groups in total. The molecule has 0 bridgehead atoms. The number of hydrogen-bond donors (Lipinski definition) is 0. The van der Waals surface area contributed by atoms with Crippen molar-refractivity contribution in [2.24, 2.45) is 5.92 Å². The summed E-state index contributed by atoms with van der Waals surface area (Å²) in [6.45, 7) is 1.94. The number of ether oxygens (including phenoxy) is 1. The lowest BCUT2D eigenvalue weighted by Crippen LogP contribution is -2.40. The summed E-state index contributed by atoms with van der Waals surface area (Å²) in [6, 6.07) is 21.9. The molecule has 0 unspecified atom stereocenters. The lowest BCUT2D eigenvalue weighted by Gasteiger charge is -2.36. The number of hydrogen-bond acceptors (Lipinski definition) is 5. The largest absolute Gasteiger partial charge is 0.441 e. The predicted octanol–water partition coefficient (Wildman–Crippen LogP) is 5.55. The fraction of sp³-hybridized carbons (Fsp3) is 0.310. The van der Waals surface area contributed by atoms with Gasteiger partial charge >= 0.3 is 6.09 Å². The molecule has 1 aliphatic carbocycles. The molecule has 36 heavy (non-hydrogen) atoms. The van der Waals surface area contributed by atoms with Crippen molar-refractivity contribution >= 4 is 17.1 Å². The molecule has 1 saturated heterocycles. The second-order valence-corrected chi connectivity index (χ2v) is 10.00. The van der Waals surface area contributed by atoms with Crippen molar-refractivity contribution in [2.45, 2.75) is 44.4 Å². The third-order valence-electron chi connectivity index (χ3n) is 7.41. The van der Waals surface area contributed by atoms with E-state index in [2.05, 4.69) is 26.7 Å². The van der Waals surface area contributed by atoms with Crippen LogP contribution in [0.5, 0.6) is 0 Å². The maximum atomic E-state index is 12.9. The number of fused-ring (bicyclic) bond motifs is 1. The minimum Gasteiger partial charge on any atom is -0.441 e. The van der Waals surface area contributed by atoms with Gasteiger partial charge in [-0.15, -0.1) is 0 Å². The summed E-state index contributed by atoms with van der Waals surface area (Å²) in [6.07, 6.45) is 7.25. The van der Waals surface area contributed by atoms with E-state index in [1.165, 1.54) is 0 Å². The summed E-state index contributed by atoms with van der Waals surface area (Å²) in [5, 5.41) is 9.28. The summed E-state index contributed by atoms with van der Waals surface area (Å²) >= 11 is 0. The normalized spacial score (nSPS) is 21.6. The molecule has 3 heterocycles. The summed E-state index contributed by atoms with van der Waals surface area (Å²) in [5.41, 5.74) is 5.10. The molecule has 6 rings (SSSR count). The highest BCUT2D eigenvalue weighted by molar-refractivity contribution is 5.77. The van der Waals surface area contributed by atoms with E-state index in [0.29, 0.717) is 24.6 Å². The van der Waals surface area contributed by atoms with Crippen LogP contribution in [0.3, 0.4) is 0 Å². The number of aromatic nitrogens is 3. The maximum Gasteiger partial charge on any atom is 0.410 e. The average molecular weight is 478 g/mol. The topological polar surface area (TPSA) is 84.0 Å². The Balaban J connectivity index is 1.16. The monoisotopic (exact) mass is 477 g/mol. The summed E-state index contributed by atoms with van der Waals surface area (Å²) < 4.78 is 8.21. The van der Waals surface area contributed by atoms with Crippen molar-refractivity contribution in [2.75, 3.05) is 6.54 Å². The number of rotatable bonds is 5. The SMILES string of the molecule is N#Cc1ccc2ncn(C[C@H]3CCC[C@]4(C3)CN(Cc3cccc(-c5ccccn5)c3)C(=O)O4)c2c1. The van der Waals surface area contributed by atoms with Crippen LogP contribution in [0, 0.1) is 17.2 Å². The van der Waals surface area contributed by atoms with E-state index >= 15 is 0 Å². The Morgan fingerprint density at radius 2 is 2.06 bits per heavy atom. The molecule has 1 aliphatic heterocycles. The van der Waals surface area contributed by atoms with Crippen LogP contribution in [0.15, 0.2) is 73.2 Å². The molecular weight excluding hydrogens is 450 g/mol. The molecule has 7 nitrogen and oxygen atoms in total. The highest BCUT2D eigenvalue weighted by Crippen LogP contribution is 2.41. The molecule has 2 aromatic carbocycles. The molecule has 1 amide bonds. The Labute approximate surface area is 210 Å². The average Bonchev–Trinajstić information content (AvgIpc) is 3.44. The number of imidazole rings is 1. The van der Waals surface area contributed by atoms with Crippen LogP contribution < -0.4 is 0 Å². The van der Waals surface area contributed by atoms with Gasteiger partial charge in [-0.3, -0.25) is 9.88 Å². The van der Waals surface area contributed by atoms with E-state index in [-0.39, 0.29) is 6.09 Å². The number of carbonyl (C=O) groups is 1. The summed E-state index contributed by atoms with van der Waals surface area (Å²) in [5.74, 6) is 0.377. The van der Waals surface area contributed by atoms with Crippen LogP contribution in [0.1, 0.15) is 36.8 Å². The number of amides is 1. The van der Waals surface area contributed by atoms with E-state index in [0.717, 1.165) is 60.1 Å². The third kappa shape index (κ3) is 4.31. The third-order valence-corrected chi connectivity index (χ3v) is 7.41. The lowest BCUT2D eigenvalue weighted by molar-refractivity contribution is 0.00415. The first kappa shape index (κ1) is 22.3. The Hall–Kier alpha value is -4.18. The van der Waals surface area contributed by atoms with Crippen LogP contribution in [0.2, 0.25) is 0 Å². The van der Waals surface area contributed by atoms with Gasteiger partial charge in [0.05, 0.1) is 41.2 Å². The number of nitriles is 1. The molecule has 2 aliphatic rings. The second kappa shape index (κ2) is 9.12. The number of carbonyl (C=O) groups excluding carboxylic acids is 1. The predicted molar refractivity (Wildman–Crippen MR) is 136 cm³/mol. The first-order valence-electron chi connectivity index (χ1n) is 12.4. The smallest absolute Gasteiger partial charge is 0.410 e. The highest BCUT2D eigenvalue weighted by atomic mass is 16.6. The second-order valence-electron chi connectivity index (χ2n) is 10.00. The van der Waals surface area contributed by atoms with Crippen molar-refractivity contribution in [3.05, 3.63) is 84.3 Å². The Morgan fingerprint density at radius 3 is 2.92 bits per heavy atom. The van der Waals surface area contributed by atoms with Gasteiger partial charge in [-0.2, -0.15) is 5.26 Å². The van der Waals surface area contributed by atoms with Gasteiger partial charge in [-0.25, -0.2) is 9.78 Å². The molecule has 1 spiro atoms. The minimum absolute atomic E-state index is 0.231. The van der Waals surface area contributed by atoms with Crippen LogP contribution >= 0.6 is 0 Å². The first-order chi connectivity index (χ1) is 17.6. The fourth-order valence-corrected chi connectivity index (χ4v) is 5.78. The molecule has 2 aromatic heterocycles. The minimum atomic E-state index is -0.438. The highest BCUT2D eigenvalue weighted by Gasteiger charge is 2.47. The standard InChI is InChI=1S/C29H27N5O2/c30-16-21-9-10-26-27(14-21)34(20-32-26)18-23-6-4-11-29(15-23)19-33(28(35)36-29)17-22-5-3-7-24(13-22)25-8-1-2-12-31-25/h1-3,5,7-10,12-14,20,23H,4,6,11,15,17-19H2/t23-,29-/m0/s1. The van der Waals surface area contributed by atoms with Gasteiger partial charge in [0.25, 0.3) is 0 Å². The number of pyridine rings is 1. The summed E-state index contributed by atoms with van der Waals surface area (Å²) in [4.78, 5) is 23.7. The van der Waals surface area contributed by atoms with Crippen molar-refractivity contribution in [3.63, 3.8) is 0 Å². The molecule has 180 valence electrons. The van der Waals surface area contributed by atoms with Gasteiger partial charge in [0.1, 0.15) is 5.60 Å². The lowest BCUT2D eigenvalue weighted by atomic mass is 9.78. The zero-order chi connectivity index (χ0) is 24.5. The molecule has 2 fully saturated rings. The van der Waals surface area contributed by atoms with Crippen LogP contribution in [0.4, 0.5) is 4.79 Å². The molecule has 7 heteroatoms. The Kier molecular flexibility index (Phi) is 5.65. The van der Waals surface area contributed by atoms with Crippen LogP contribution in [0.25, 0.3) is 22.3 Å². The number of benzene rings is 2. The molecule has 1 saturated carbocycles. The van der Waals surface area contributed by atoms with Crippen LogP contribution in [-0.2, 0) is 17.8 Å². The van der Waals surface area contributed by atoms with Crippen molar-refractivity contribution in [1.82, 2.24) is 19.4 Å². The Bertz CT molecular complexity index is 1460.